The van der Waals surface area contributed by atoms with Crippen LogP contribution in [0.25, 0.3) is 0 Å². The highest BCUT2D eigenvalue weighted by atomic mass is 35.5. The van der Waals surface area contributed by atoms with Crippen LogP contribution in [0, 0.1) is 6.92 Å². The first kappa shape index (κ1) is 22.0. The third kappa shape index (κ3) is 6.38. The van der Waals surface area contributed by atoms with E-state index in [0.29, 0.717) is 11.6 Å². The van der Waals surface area contributed by atoms with Gasteiger partial charge in [0.2, 0.25) is 11.8 Å². The molecule has 0 unspecified atom stereocenters. The Kier molecular flexibility index (Phi) is 8.06. The summed E-state index contributed by atoms with van der Waals surface area (Å²) in [5.74, 6) is -0.215. The summed E-state index contributed by atoms with van der Waals surface area (Å²) >= 11 is 5.97. The lowest BCUT2D eigenvalue weighted by molar-refractivity contribution is -0.140. The van der Waals surface area contributed by atoms with Crippen molar-refractivity contribution in [3.8, 4) is 0 Å². The second-order valence-corrected chi connectivity index (χ2v) is 7.74. The summed E-state index contributed by atoms with van der Waals surface area (Å²) in [4.78, 5) is 27.4. The molecule has 5 heteroatoms. The van der Waals surface area contributed by atoms with Gasteiger partial charge in [0.1, 0.15) is 6.04 Å². The van der Waals surface area contributed by atoms with Crippen LogP contribution in [0.1, 0.15) is 43.9 Å². The van der Waals surface area contributed by atoms with Crippen LogP contribution in [0.5, 0.6) is 0 Å². The average molecular weight is 401 g/mol. The summed E-state index contributed by atoms with van der Waals surface area (Å²) in [6.45, 7) is 8.12. The number of nitrogens with one attached hydrogen (secondary N) is 1. The van der Waals surface area contributed by atoms with Crippen molar-refractivity contribution in [2.45, 2.75) is 59.2 Å². The van der Waals surface area contributed by atoms with Crippen LogP contribution in [0.15, 0.2) is 48.5 Å². The zero-order valence-corrected chi connectivity index (χ0v) is 17.8. The van der Waals surface area contributed by atoms with Gasteiger partial charge in [-0.15, -0.1) is 0 Å². The van der Waals surface area contributed by atoms with Crippen molar-refractivity contribution in [1.82, 2.24) is 10.2 Å². The van der Waals surface area contributed by atoms with Crippen LogP contribution in [0.2, 0.25) is 5.02 Å². The number of carbonyl (C=O) groups excluding carboxylic acids is 2. The van der Waals surface area contributed by atoms with Crippen molar-refractivity contribution in [2.24, 2.45) is 0 Å². The third-order valence-electron chi connectivity index (χ3n) is 4.87. The van der Waals surface area contributed by atoms with Gasteiger partial charge in [-0.25, -0.2) is 0 Å². The Morgan fingerprint density at radius 1 is 1.07 bits per heavy atom. The highest BCUT2D eigenvalue weighted by Crippen LogP contribution is 2.16. The molecule has 0 aliphatic rings. The fraction of sp³-hybridized carbons (Fsp3) is 0.391. The average Bonchev–Trinajstić information content (AvgIpc) is 2.66. The smallest absolute Gasteiger partial charge is 0.242 e. The van der Waals surface area contributed by atoms with Gasteiger partial charge in [0.25, 0.3) is 0 Å². The lowest BCUT2D eigenvalue weighted by Crippen LogP contribution is -2.49. The number of amides is 2. The molecule has 0 spiro atoms. The third-order valence-corrected chi connectivity index (χ3v) is 5.12. The number of carbonyl (C=O) groups is 2. The first-order chi connectivity index (χ1) is 13.3. The molecule has 2 aromatic rings. The van der Waals surface area contributed by atoms with Gasteiger partial charge in [-0.2, -0.15) is 0 Å². The van der Waals surface area contributed by atoms with Crippen LogP contribution in [0.4, 0.5) is 0 Å². The van der Waals surface area contributed by atoms with E-state index in [2.05, 4.69) is 5.32 Å². The molecule has 2 amide bonds. The maximum atomic E-state index is 13.1. The second-order valence-electron chi connectivity index (χ2n) is 7.31. The quantitative estimate of drug-likeness (QED) is 0.708. The van der Waals surface area contributed by atoms with Gasteiger partial charge in [-0.3, -0.25) is 9.59 Å². The summed E-state index contributed by atoms with van der Waals surface area (Å²) in [5.41, 5.74) is 2.99. The van der Waals surface area contributed by atoms with Crippen molar-refractivity contribution < 1.29 is 9.59 Å². The van der Waals surface area contributed by atoms with Crippen molar-refractivity contribution >= 4 is 23.4 Å². The molecule has 0 aliphatic heterocycles. The number of nitrogens with zero attached hydrogens (tertiary/aromatic N) is 1. The molecule has 2 aromatic carbocycles. The molecule has 4 nitrogen and oxygen atoms in total. The van der Waals surface area contributed by atoms with Crippen molar-refractivity contribution in [3.05, 3.63) is 70.2 Å². The van der Waals surface area contributed by atoms with Crippen LogP contribution in [-0.4, -0.2) is 28.8 Å². The van der Waals surface area contributed by atoms with E-state index in [1.165, 1.54) is 0 Å². The molecular formula is C23H29ClN2O2. The van der Waals surface area contributed by atoms with Gasteiger partial charge in [0.05, 0.1) is 6.42 Å². The first-order valence-electron chi connectivity index (χ1n) is 9.70. The largest absolute Gasteiger partial charge is 0.352 e. The van der Waals surface area contributed by atoms with Gasteiger partial charge in [-0.1, -0.05) is 60.5 Å². The first-order valence-corrected chi connectivity index (χ1v) is 10.1. The summed E-state index contributed by atoms with van der Waals surface area (Å²) in [7, 11) is 0. The molecule has 0 aromatic heterocycles. The van der Waals surface area contributed by atoms with Gasteiger partial charge < -0.3 is 10.2 Å². The molecule has 0 fully saturated rings. The number of hydrogen-bond acceptors (Lipinski definition) is 2. The van der Waals surface area contributed by atoms with Crippen molar-refractivity contribution in [1.29, 1.82) is 0 Å². The molecule has 2 atom stereocenters. The molecule has 0 radical (unpaired) electrons. The van der Waals surface area contributed by atoms with Gasteiger partial charge in [0, 0.05) is 17.6 Å². The zero-order valence-electron chi connectivity index (χ0n) is 17.0. The highest BCUT2D eigenvalue weighted by Gasteiger charge is 2.26. The van der Waals surface area contributed by atoms with Crippen LogP contribution in [0.3, 0.4) is 0 Å². The van der Waals surface area contributed by atoms with Crippen molar-refractivity contribution in [3.63, 3.8) is 0 Å². The fourth-order valence-corrected chi connectivity index (χ4v) is 3.06. The van der Waals surface area contributed by atoms with Gasteiger partial charge >= 0.3 is 0 Å². The Morgan fingerprint density at radius 3 is 2.36 bits per heavy atom. The summed E-state index contributed by atoms with van der Waals surface area (Å²) in [6, 6.07) is 14.7. The van der Waals surface area contributed by atoms with Crippen LogP contribution >= 0.6 is 11.6 Å². The monoisotopic (exact) mass is 400 g/mol. The van der Waals surface area contributed by atoms with Crippen molar-refractivity contribution in [2.75, 3.05) is 0 Å². The molecule has 150 valence electrons. The Balaban J connectivity index is 2.22. The highest BCUT2D eigenvalue weighted by molar-refractivity contribution is 6.30. The van der Waals surface area contributed by atoms with E-state index in [-0.39, 0.29) is 24.3 Å². The van der Waals surface area contributed by atoms with Gasteiger partial charge in [0.15, 0.2) is 0 Å². The van der Waals surface area contributed by atoms with Crippen LogP contribution in [-0.2, 0) is 22.6 Å². The molecule has 0 aliphatic carbocycles. The fourth-order valence-electron chi connectivity index (χ4n) is 2.93. The zero-order chi connectivity index (χ0) is 20.7. The minimum absolute atomic E-state index is 0.0687. The molecule has 0 saturated heterocycles. The Hall–Kier alpha value is -2.33. The Labute approximate surface area is 172 Å². The van der Waals surface area contributed by atoms with E-state index in [1.807, 2.05) is 57.2 Å². The summed E-state index contributed by atoms with van der Waals surface area (Å²) < 4.78 is 0. The van der Waals surface area contributed by atoms with E-state index < -0.39 is 6.04 Å². The number of hydrogen-bond donors (Lipinski definition) is 1. The van der Waals surface area contributed by atoms with E-state index in [4.69, 9.17) is 11.6 Å². The number of rotatable bonds is 8. The second kappa shape index (κ2) is 10.3. The maximum Gasteiger partial charge on any atom is 0.242 e. The Bertz CT molecular complexity index is 805. The predicted molar refractivity (Wildman–Crippen MR) is 114 cm³/mol. The summed E-state index contributed by atoms with van der Waals surface area (Å²) in [5, 5.41) is 3.62. The molecule has 0 saturated carbocycles. The maximum absolute atomic E-state index is 13.1. The minimum atomic E-state index is -0.568. The Morgan fingerprint density at radius 2 is 1.75 bits per heavy atom. The van der Waals surface area contributed by atoms with Crippen LogP contribution < -0.4 is 5.32 Å². The molecule has 1 N–H and O–H groups in total. The number of halogens is 1. The van der Waals surface area contributed by atoms with E-state index in [0.717, 1.165) is 23.1 Å². The molecule has 0 heterocycles. The predicted octanol–water partition coefficient (Wildman–Crippen LogP) is 4.52. The standard InChI is InChI=1S/C23H29ClN2O2/c1-5-17(3)25-23(28)18(4)26(15-19-9-11-21(24)12-10-19)22(27)14-20-8-6-7-16(2)13-20/h6-13,17-18H,5,14-15H2,1-4H3,(H,25,28)/t17-,18-/m1/s1. The van der Waals surface area contributed by atoms with E-state index >= 15 is 0 Å². The topological polar surface area (TPSA) is 49.4 Å². The molecular weight excluding hydrogens is 372 g/mol. The van der Waals surface area contributed by atoms with E-state index in [1.54, 1.807) is 24.0 Å². The van der Waals surface area contributed by atoms with E-state index in [9.17, 15) is 9.59 Å². The lowest BCUT2D eigenvalue weighted by atomic mass is 10.1. The summed E-state index contributed by atoms with van der Waals surface area (Å²) in [6.07, 6.45) is 1.10. The minimum Gasteiger partial charge on any atom is -0.352 e. The normalized spacial score (nSPS) is 12.9. The van der Waals surface area contributed by atoms with Gasteiger partial charge in [-0.05, 0) is 50.5 Å². The molecule has 28 heavy (non-hydrogen) atoms. The lowest BCUT2D eigenvalue weighted by Gasteiger charge is -2.30. The number of benzene rings is 2. The molecule has 0 bridgehead atoms. The number of aryl methyl sites for hydroxylation is 1. The SMILES string of the molecule is CC[C@@H](C)NC(=O)[C@@H](C)N(Cc1ccc(Cl)cc1)C(=O)Cc1cccc(C)c1. The molecule has 2 rings (SSSR count).